The van der Waals surface area contributed by atoms with E-state index in [0.717, 1.165) is 6.17 Å². The number of nitrogens with zero attached hydrogens (tertiary/aromatic N) is 2. The molecular weight excluding hydrogens is 116 g/mol. The summed E-state index contributed by atoms with van der Waals surface area (Å²) in [5.74, 6) is 0. The van der Waals surface area contributed by atoms with Crippen LogP contribution in [-0.4, -0.2) is 25.6 Å². The van der Waals surface area contributed by atoms with Gasteiger partial charge in [-0.05, 0) is 6.92 Å². The first-order chi connectivity index (χ1) is 4.34. The monoisotopic (exact) mass is 125 g/mol. The summed E-state index contributed by atoms with van der Waals surface area (Å²) in [7, 11) is 1.64. The van der Waals surface area contributed by atoms with Crippen molar-refractivity contribution in [1.82, 2.24) is 0 Å². The van der Waals surface area contributed by atoms with Gasteiger partial charge in [-0.2, -0.15) is 0 Å². The minimum Gasteiger partial charge on any atom is -0.361 e. The van der Waals surface area contributed by atoms with E-state index >= 15 is 0 Å². The largest absolute Gasteiger partial charge is 0.361 e. The number of rotatable bonds is 2. The van der Waals surface area contributed by atoms with Gasteiger partial charge in [-0.15, -0.1) is 0 Å². The summed E-state index contributed by atoms with van der Waals surface area (Å²) in [6, 6.07) is 0. The molecule has 0 aromatic heterocycles. The van der Waals surface area contributed by atoms with Gasteiger partial charge in [-0.3, -0.25) is 0 Å². The standard InChI is InChI=1S/C6H9N2O/c1-5(9-2)6-7-3-4-8-6/h3-5H,1-2H3/q+1. The fraction of sp³-hybridized carbons (Fsp3) is 0.500. The second-order valence-electron chi connectivity index (χ2n) is 1.79. The summed E-state index contributed by atoms with van der Waals surface area (Å²) in [5, 5.41) is 0. The maximum Gasteiger partial charge on any atom is 0.269 e. The summed E-state index contributed by atoms with van der Waals surface area (Å²) in [6.07, 6.45) is 4.08. The molecule has 0 saturated carbocycles. The van der Waals surface area contributed by atoms with Crippen molar-refractivity contribution in [2.45, 2.75) is 13.0 Å². The average molecular weight is 125 g/mol. The molecule has 1 atom stereocenters. The zero-order valence-electron chi connectivity index (χ0n) is 5.53. The van der Waals surface area contributed by atoms with Crippen LogP contribution in [0.15, 0.2) is 9.98 Å². The summed E-state index contributed by atoms with van der Waals surface area (Å²) < 4.78 is 4.97. The van der Waals surface area contributed by atoms with E-state index < -0.39 is 0 Å². The van der Waals surface area contributed by atoms with Crippen molar-refractivity contribution in [1.29, 1.82) is 0 Å². The molecule has 1 aliphatic heterocycles. The highest BCUT2D eigenvalue weighted by atomic mass is 16.5. The van der Waals surface area contributed by atoms with Crippen LogP contribution in [0.3, 0.4) is 0 Å². The lowest BCUT2D eigenvalue weighted by Gasteiger charge is -2.03. The Balaban J connectivity index is 2.43. The Kier molecular flexibility index (Phi) is 1.85. The Morgan fingerprint density at radius 2 is 2.00 bits per heavy atom. The number of methoxy groups -OCH3 is 1. The third-order valence-corrected chi connectivity index (χ3v) is 1.20. The van der Waals surface area contributed by atoms with Gasteiger partial charge in [-0.1, -0.05) is 9.98 Å². The van der Waals surface area contributed by atoms with E-state index in [2.05, 4.69) is 9.98 Å². The van der Waals surface area contributed by atoms with Crippen molar-refractivity contribution in [2.24, 2.45) is 9.98 Å². The van der Waals surface area contributed by atoms with Gasteiger partial charge in [0.15, 0.2) is 18.5 Å². The highest BCUT2D eigenvalue weighted by Gasteiger charge is 2.23. The van der Waals surface area contributed by atoms with Crippen LogP contribution in [0.2, 0.25) is 0 Å². The highest BCUT2D eigenvalue weighted by Crippen LogP contribution is 2.13. The number of hydrogen-bond acceptors (Lipinski definition) is 3. The van der Waals surface area contributed by atoms with E-state index in [1.54, 1.807) is 19.5 Å². The predicted molar refractivity (Wildman–Crippen MR) is 36.7 cm³/mol. The summed E-state index contributed by atoms with van der Waals surface area (Å²) in [4.78, 5) is 7.90. The van der Waals surface area contributed by atoms with E-state index in [1.807, 2.05) is 6.92 Å². The van der Waals surface area contributed by atoms with E-state index in [9.17, 15) is 0 Å². The topological polar surface area (TPSA) is 34.0 Å². The predicted octanol–water partition coefficient (Wildman–Crippen LogP) is 0.666. The fourth-order valence-electron chi connectivity index (χ4n) is 0.568. The van der Waals surface area contributed by atoms with Crippen LogP contribution < -0.4 is 0 Å². The van der Waals surface area contributed by atoms with Crippen molar-refractivity contribution in [3.05, 3.63) is 6.17 Å². The molecule has 0 fully saturated rings. The molecule has 0 aromatic carbocycles. The normalized spacial score (nSPS) is 19.1. The molecule has 1 unspecified atom stereocenters. The molecule has 0 bridgehead atoms. The average Bonchev–Trinajstić information content (AvgIpc) is 2.37. The van der Waals surface area contributed by atoms with Crippen LogP contribution in [0.25, 0.3) is 0 Å². The molecule has 1 aliphatic rings. The van der Waals surface area contributed by atoms with Crippen LogP contribution in [-0.2, 0) is 4.74 Å². The molecule has 0 N–H and O–H groups in total. The van der Waals surface area contributed by atoms with Crippen LogP contribution in [0.1, 0.15) is 6.92 Å². The molecular formula is C6H9N2O+. The summed E-state index contributed by atoms with van der Waals surface area (Å²) in [6.45, 7) is 1.91. The Labute approximate surface area is 54.5 Å². The molecule has 0 aromatic rings. The van der Waals surface area contributed by atoms with Crippen molar-refractivity contribution in [2.75, 3.05) is 7.11 Å². The number of ether oxygens (including phenoxy) is 1. The zero-order valence-corrected chi connectivity index (χ0v) is 5.53. The highest BCUT2D eigenvalue weighted by molar-refractivity contribution is 6.18. The van der Waals surface area contributed by atoms with E-state index in [0.29, 0.717) is 0 Å². The first-order valence-corrected chi connectivity index (χ1v) is 2.81. The number of hydrogen-bond donors (Lipinski definition) is 0. The first-order valence-electron chi connectivity index (χ1n) is 2.81. The Morgan fingerprint density at radius 3 is 2.44 bits per heavy atom. The van der Waals surface area contributed by atoms with E-state index in [-0.39, 0.29) is 6.10 Å². The SMILES string of the molecule is COC(C)[C+]1N=CC=N1. The molecule has 1 heterocycles. The van der Waals surface area contributed by atoms with Gasteiger partial charge in [-0.25, -0.2) is 0 Å². The van der Waals surface area contributed by atoms with Crippen LogP contribution in [0.4, 0.5) is 0 Å². The maximum absolute atomic E-state index is 4.97. The zero-order chi connectivity index (χ0) is 6.69. The minimum absolute atomic E-state index is 0.0139. The lowest BCUT2D eigenvalue weighted by molar-refractivity contribution is 0.127. The van der Waals surface area contributed by atoms with Gasteiger partial charge in [0.1, 0.15) is 0 Å². The van der Waals surface area contributed by atoms with Gasteiger partial charge in [0.2, 0.25) is 0 Å². The van der Waals surface area contributed by atoms with Gasteiger partial charge >= 0.3 is 0 Å². The Morgan fingerprint density at radius 1 is 1.44 bits per heavy atom. The van der Waals surface area contributed by atoms with Crippen molar-refractivity contribution in [3.8, 4) is 0 Å². The summed E-state index contributed by atoms with van der Waals surface area (Å²) >= 11 is 0. The molecule has 0 spiro atoms. The van der Waals surface area contributed by atoms with E-state index in [4.69, 9.17) is 4.74 Å². The lowest BCUT2D eigenvalue weighted by Crippen LogP contribution is -2.11. The maximum atomic E-state index is 4.97. The van der Waals surface area contributed by atoms with Crippen molar-refractivity contribution < 1.29 is 4.74 Å². The molecule has 0 saturated heterocycles. The molecule has 1 rings (SSSR count). The van der Waals surface area contributed by atoms with Crippen LogP contribution in [0, 0.1) is 6.17 Å². The van der Waals surface area contributed by atoms with Crippen molar-refractivity contribution >= 4 is 12.4 Å². The molecule has 0 amide bonds. The first kappa shape index (κ1) is 6.29. The fourth-order valence-corrected chi connectivity index (χ4v) is 0.568. The van der Waals surface area contributed by atoms with Gasteiger partial charge < -0.3 is 4.74 Å². The quantitative estimate of drug-likeness (QED) is 0.499. The van der Waals surface area contributed by atoms with E-state index in [1.165, 1.54) is 0 Å². The summed E-state index contributed by atoms with van der Waals surface area (Å²) in [5.41, 5.74) is 0. The molecule has 3 heteroatoms. The number of aliphatic imine (C=N–C) groups is 2. The Bertz CT molecular complexity index is 130. The van der Waals surface area contributed by atoms with Crippen molar-refractivity contribution in [3.63, 3.8) is 0 Å². The molecule has 0 radical (unpaired) electrons. The molecule has 48 valence electrons. The molecule has 3 nitrogen and oxygen atoms in total. The van der Waals surface area contributed by atoms with Crippen LogP contribution in [0.5, 0.6) is 0 Å². The molecule has 0 aliphatic carbocycles. The lowest BCUT2D eigenvalue weighted by atomic mass is 10.3. The second-order valence-corrected chi connectivity index (χ2v) is 1.79. The minimum atomic E-state index is 0.0139. The third kappa shape index (κ3) is 1.29. The van der Waals surface area contributed by atoms with Crippen LogP contribution >= 0.6 is 0 Å². The van der Waals surface area contributed by atoms with Gasteiger partial charge in [0.25, 0.3) is 6.17 Å². The smallest absolute Gasteiger partial charge is 0.269 e. The molecule has 9 heavy (non-hydrogen) atoms. The third-order valence-electron chi connectivity index (χ3n) is 1.20. The van der Waals surface area contributed by atoms with Gasteiger partial charge in [0, 0.05) is 7.11 Å². The second kappa shape index (κ2) is 2.64. The Hall–Kier alpha value is -0.830. The van der Waals surface area contributed by atoms with Gasteiger partial charge in [0.05, 0.1) is 0 Å².